The van der Waals surface area contributed by atoms with E-state index < -0.39 is 120 Å². The van der Waals surface area contributed by atoms with Crippen LogP contribution in [0.3, 0.4) is 0 Å². The van der Waals surface area contributed by atoms with Crippen LogP contribution in [0.1, 0.15) is 48.5 Å². The SMILES string of the molecule is CC(=O)OCC1O[C@@H](O[C@@H]2C(COC(C)=O)OC(C)[C@@H](OC(C)=O)[C@H]2OS(=O)(=O)C(F)(F)F)C(OC(C)=O)[C@H](OC(C)=O)[C@@H]1C. The molecule has 16 nitrogen and oxygen atoms in total. The van der Waals surface area contributed by atoms with Gasteiger partial charge in [0.15, 0.2) is 18.5 Å². The second kappa shape index (κ2) is 15.5. The molecule has 0 aromatic carbocycles. The van der Waals surface area contributed by atoms with E-state index in [1.165, 1.54) is 13.8 Å². The summed E-state index contributed by atoms with van der Waals surface area (Å²) >= 11 is 0. The second-order valence-electron chi connectivity index (χ2n) is 10.2. The lowest BCUT2D eigenvalue weighted by atomic mass is 9.90. The van der Waals surface area contributed by atoms with E-state index in [0.29, 0.717) is 0 Å². The predicted molar refractivity (Wildman–Crippen MR) is 137 cm³/mol. The number of ether oxygens (including phenoxy) is 8. The molecule has 0 aromatic rings. The summed E-state index contributed by atoms with van der Waals surface area (Å²) in [6.07, 6.45) is -15.3. The van der Waals surface area contributed by atoms with E-state index in [9.17, 15) is 45.6 Å². The average molecular weight is 681 g/mol. The Kier molecular flexibility index (Phi) is 13.1. The van der Waals surface area contributed by atoms with Crippen molar-refractivity contribution in [2.45, 2.75) is 109 Å². The van der Waals surface area contributed by atoms with E-state index in [0.717, 1.165) is 34.6 Å². The number of carbonyl (C=O) groups is 5. The van der Waals surface area contributed by atoms with Crippen LogP contribution >= 0.6 is 0 Å². The van der Waals surface area contributed by atoms with Crippen LogP contribution in [-0.4, -0.2) is 112 Å². The van der Waals surface area contributed by atoms with E-state index in [-0.39, 0.29) is 0 Å². The molecule has 0 spiro atoms. The number of alkyl halides is 3. The molecule has 0 aromatic heterocycles. The van der Waals surface area contributed by atoms with Gasteiger partial charge >= 0.3 is 45.5 Å². The Labute approximate surface area is 256 Å². The molecular weight excluding hydrogens is 645 g/mol. The Morgan fingerprint density at radius 1 is 0.644 bits per heavy atom. The molecule has 2 fully saturated rings. The van der Waals surface area contributed by atoms with Gasteiger partial charge in [-0.3, -0.25) is 28.2 Å². The van der Waals surface area contributed by atoms with Crippen molar-refractivity contribution in [3.8, 4) is 0 Å². The molecular formula is C25H35F3O16S. The lowest BCUT2D eigenvalue weighted by Crippen LogP contribution is -2.65. The second-order valence-corrected chi connectivity index (χ2v) is 11.7. The van der Waals surface area contributed by atoms with Gasteiger partial charge in [-0.1, -0.05) is 6.92 Å². The van der Waals surface area contributed by atoms with Gasteiger partial charge in [-0.15, -0.1) is 0 Å². The third-order valence-corrected chi connectivity index (χ3v) is 7.53. The van der Waals surface area contributed by atoms with E-state index in [2.05, 4.69) is 4.18 Å². The summed E-state index contributed by atoms with van der Waals surface area (Å²) < 4.78 is 113. The first kappa shape index (κ1) is 38.1. The minimum atomic E-state index is -6.40. The maximum atomic E-state index is 13.5. The first-order valence-corrected chi connectivity index (χ1v) is 14.8. The van der Waals surface area contributed by atoms with Crippen molar-refractivity contribution in [2.24, 2.45) is 5.92 Å². The molecule has 0 bridgehead atoms. The average Bonchev–Trinajstić information content (AvgIpc) is 2.87. The minimum Gasteiger partial charge on any atom is -0.463 e. The zero-order valence-electron chi connectivity index (χ0n) is 25.3. The number of carbonyl (C=O) groups excluding carboxylic acids is 5. The zero-order chi connectivity index (χ0) is 34.4. The zero-order valence-corrected chi connectivity index (χ0v) is 26.1. The highest BCUT2D eigenvalue weighted by molar-refractivity contribution is 7.87. The largest absolute Gasteiger partial charge is 0.523 e. The van der Waals surface area contributed by atoms with Gasteiger partial charge < -0.3 is 37.9 Å². The van der Waals surface area contributed by atoms with Crippen LogP contribution in [-0.2, 0) is 76.2 Å². The number of esters is 5. The fourth-order valence-corrected chi connectivity index (χ4v) is 5.25. The van der Waals surface area contributed by atoms with Crippen LogP contribution in [0.2, 0.25) is 0 Å². The van der Waals surface area contributed by atoms with Crippen molar-refractivity contribution in [3.05, 3.63) is 0 Å². The van der Waals surface area contributed by atoms with Gasteiger partial charge in [0.25, 0.3) is 0 Å². The maximum absolute atomic E-state index is 13.5. The smallest absolute Gasteiger partial charge is 0.463 e. The lowest BCUT2D eigenvalue weighted by molar-refractivity contribution is -0.335. The topological polar surface area (TPSA) is 203 Å². The van der Waals surface area contributed by atoms with Crippen molar-refractivity contribution in [3.63, 3.8) is 0 Å². The van der Waals surface area contributed by atoms with Gasteiger partial charge in [-0.25, -0.2) is 0 Å². The van der Waals surface area contributed by atoms with E-state index in [4.69, 9.17) is 37.9 Å². The third-order valence-electron chi connectivity index (χ3n) is 6.49. The number of halogens is 3. The highest BCUT2D eigenvalue weighted by atomic mass is 32.2. The van der Waals surface area contributed by atoms with Crippen molar-refractivity contribution >= 4 is 40.0 Å². The van der Waals surface area contributed by atoms with Crippen LogP contribution in [0.15, 0.2) is 0 Å². The van der Waals surface area contributed by atoms with Crippen molar-refractivity contribution < 1.29 is 87.6 Å². The van der Waals surface area contributed by atoms with Gasteiger partial charge in [0.2, 0.25) is 0 Å². The summed E-state index contributed by atoms with van der Waals surface area (Å²) in [5, 5.41) is 0. The highest BCUT2D eigenvalue weighted by Crippen LogP contribution is 2.38. The molecule has 0 N–H and O–H groups in total. The molecule has 20 heteroatoms. The number of rotatable bonds is 11. The normalized spacial score (nSPS) is 32.1. The molecule has 2 heterocycles. The summed E-state index contributed by atoms with van der Waals surface area (Å²) in [5.74, 6) is -5.34. The van der Waals surface area contributed by atoms with Gasteiger partial charge in [-0.2, -0.15) is 21.6 Å². The van der Waals surface area contributed by atoms with Crippen LogP contribution in [0.4, 0.5) is 13.2 Å². The van der Waals surface area contributed by atoms with Crippen molar-refractivity contribution in [1.82, 2.24) is 0 Å². The standard InChI is InChI=1S/C25H35F3O16S/c1-10-17(8-36-12(3)29)42-24(23(41-16(7)33)19(10)39-14(5)31)43-21-18(9-37-13(4)30)38-11(2)20(40-15(6)32)22(21)44-45(34,35)25(26,27)28/h10-11,17-24H,8-9H2,1-7H3/t10-,11?,17?,18?,19-,20-,21-,22-,23?,24+/m1/s1. The fourth-order valence-electron chi connectivity index (χ4n) is 4.63. The third kappa shape index (κ3) is 10.5. The van der Waals surface area contributed by atoms with E-state index in [1.54, 1.807) is 0 Å². The van der Waals surface area contributed by atoms with Crippen LogP contribution in [0.5, 0.6) is 0 Å². The van der Waals surface area contributed by atoms with Gasteiger partial charge in [0.1, 0.15) is 43.7 Å². The summed E-state index contributed by atoms with van der Waals surface area (Å²) in [6, 6.07) is 0. The molecule has 0 amide bonds. The Morgan fingerprint density at radius 3 is 1.58 bits per heavy atom. The molecule has 2 saturated heterocycles. The fraction of sp³-hybridized carbons (Fsp3) is 0.800. The monoisotopic (exact) mass is 680 g/mol. The molecule has 258 valence electrons. The van der Waals surface area contributed by atoms with Gasteiger partial charge in [0.05, 0.1) is 6.10 Å². The molecule has 4 unspecified atom stereocenters. The van der Waals surface area contributed by atoms with Gasteiger partial charge in [0, 0.05) is 40.5 Å². The summed E-state index contributed by atoms with van der Waals surface area (Å²) in [5.41, 5.74) is -5.95. The predicted octanol–water partition coefficient (Wildman–Crippen LogP) is 0.676. The van der Waals surface area contributed by atoms with Gasteiger partial charge in [-0.05, 0) is 6.92 Å². The highest BCUT2D eigenvalue weighted by Gasteiger charge is 2.58. The quantitative estimate of drug-likeness (QED) is 0.127. The Bertz CT molecular complexity index is 1210. The molecule has 0 aliphatic carbocycles. The lowest BCUT2D eigenvalue weighted by Gasteiger charge is -2.48. The Hall–Kier alpha value is -3.07. The molecule has 45 heavy (non-hydrogen) atoms. The summed E-state index contributed by atoms with van der Waals surface area (Å²) in [4.78, 5) is 59.1. The minimum absolute atomic E-state index is 0.464. The maximum Gasteiger partial charge on any atom is 0.523 e. The van der Waals surface area contributed by atoms with Crippen molar-refractivity contribution in [1.29, 1.82) is 0 Å². The molecule has 2 aliphatic heterocycles. The first-order valence-electron chi connectivity index (χ1n) is 13.4. The molecule has 0 saturated carbocycles. The Balaban J connectivity index is 2.71. The summed E-state index contributed by atoms with van der Waals surface area (Å²) in [6.45, 7) is 6.48. The summed E-state index contributed by atoms with van der Waals surface area (Å²) in [7, 11) is -6.40. The van der Waals surface area contributed by atoms with Crippen LogP contribution < -0.4 is 0 Å². The molecule has 2 rings (SSSR count). The van der Waals surface area contributed by atoms with E-state index in [1.807, 2.05) is 0 Å². The molecule has 0 radical (unpaired) electrons. The first-order chi connectivity index (χ1) is 20.6. The number of hydrogen-bond donors (Lipinski definition) is 0. The Morgan fingerprint density at radius 2 is 1.11 bits per heavy atom. The molecule has 10 atom stereocenters. The van der Waals surface area contributed by atoms with E-state index >= 15 is 0 Å². The number of hydrogen-bond acceptors (Lipinski definition) is 16. The molecule has 2 aliphatic rings. The van der Waals surface area contributed by atoms with Crippen molar-refractivity contribution in [2.75, 3.05) is 13.2 Å². The van der Waals surface area contributed by atoms with Crippen LogP contribution in [0, 0.1) is 5.92 Å². The van der Waals surface area contributed by atoms with Crippen LogP contribution in [0.25, 0.3) is 0 Å².